The van der Waals surface area contributed by atoms with E-state index in [0.717, 1.165) is 17.0 Å². The Morgan fingerprint density at radius 1 is 1.03 bits per heavy atom. The van der Waals surface area contributed by atoms with Crippen molar-refractivity contribution in [1.29, 1.82) is 0 Å². The number of allylic oxidation sites excluding steroid dienone is 1. The van der Waals surface area contributed by atoms with Gasteiger partial charge in [-0.1, -0.05) is 84.1 Å². The van der Waals surface area contributed by atoms with Crippen LogP contribution in [0.3, 0.4) is 0 Å². The van der Waals surface area contributed by atoms with E-state index in [1.807, 2.05) is 61.5 Å². The Hall–Kier alpha value is -4.04. The molecule has 8 heteroatoms. The number of ether oxygens (including phenoxy) is 1. The number of hydrogen-bond acceptors (Lipinski definition) is 6. The van der Waals surface area contributed by atoms with Gasteiger partial charge in [0.15, 0.2) is 0 Å². The van der Waals surface area contributed by atoms with E-state index in [1.165, 1.54) is 11.1 Å². The van der Waals surface area contributed by atoms with Crippen LogP contribution in [0.2, 0.25) is 0 Å². The second kappa shape index (κ2) is 10.3. The maximum Gasteiger partial charge on any atom is 0.255 e. The van der Waals surface area contributed by atoms with E-state index >= 15 is 0 Å². The zero-order valence-corrected chi connectivity index (χ0v) is 21.2. The van der Waals surface area contributed by atoms with Crippen molar-refractivity contribution in [3.8, 4) is 5.75 Å². The van der Waals surface area contributed by atoms with Gasteiger partial charge in [-0.05, 0) is 37.1 Å². The Morgan fingerprint density at radius 3 is 2.50 bits per heavy atom. The van der Waals surface area contributed by atoms with E-state index < -0.39 is 6.04 Å². The van der Waals surface area contributed by atoms with Gasteiger partial charge in [-0.15, -0.1) is 5.10 Å². The van der Waals surface area contributed by atoms with Crippen molar-refractivity contribution in [2.75, 3.05) is 17.7 Å². The van der Waals surface area contributed by atoms with Gasteiger partial charge in [-0.25, -0.2) is 4.68 Å². The number of rotatable bonds is 7. The summed E-state index contributed by atoms with van der Waals surface area (Å²) in [6.45, 7) is 3.97. The van der Waals surface area contributed by atoms with Gasteiger partial charge in [-0.3, -0.25) is 4.79 Å². The topological polar surface area (TPSA) is 81.1 Å². The van der Waals surface area contributed by atoms with Gasteiger partial charge in [-0.2, -0.15) is 4.98 Å². The molecule has 0 bridgehead atoms. The third-order valence-corrected chi connectivity index (χ3v) is 6.95. The quantitative estimate of drug-likeness (QED) is 0.314. The molecule has 2 N–H and O–H groups in total. The second-order valence-electron chi connectivity index (χ2n) is 8.57. The van der Waals surface area contributed by atoms with Crippen molar-refractivity contribution in [3.05, 3.63) is 107 Å². The smallest absolute Gasteiger partial charge is 0.255 e. The van der Waals surface area contributed by atoms with Gasteiger partial charge in [0.25, 0.3) is 5.91 Å². The van der Waals surface area contributed by atoms with Crippen LogP contribution in [0.25, 0.3) is 0 Å². The molecule has 1 aromatic heterocycles. The van der Waals surface area contributed by atoms with E-state index in [4.69, 9.17) is 14.8 Å². The number of aromatic nitrogens is 3. The maximum absolute atomic E-state index is 13.7. The fourth-order valence-corrected chi connectivity index (χ4v) is 4.98. The molecule has 0 fully saturated rings. The number of carbonyl (C=O) groups is 1. The van der Waals surface area contributed by atoms with E-state index in [0.29, 0.717) is 28.1 Å². The largest absolute Gasteiger partial charge is 0.495 e. The van der Waals surface area contributed by atoms with Crippen molar-refractivity contribution < 1.29 is 9.53 Å². The minimum absolute atomic E-state index is 0.228. The normalized spacial score (nSPS) is 14.7. The molecule has 5 rings (SSSR count). The third-order valence-electron chi connectivity index (χ3n) is 6.04. The molecule has 1 aliphatic rings. The first kappa shape index (κ1) is 23.7. The summed E-state index contributed by atoms with van der Waals surface area (Å²) in [4.78, 5) is 18.4. The lowest BCUT2D eigenvalue weighted by molar-refractivity contribution is -0.113. The number of methoxy groups -OCH3 is 1. The molecule has 3 aromatic carbocycles. The molecule has 0 aliphatic carbocycles. The predicted molar refractivity (Wildman–Crippen MR) is 143 cm³/mol. The molecule has 0 unspecified atom stereocenters. The molecule has 4 aromatic rings. The van der Waals surface area contributed by atoms with Gasteiger partial charge in [0.05, 0.1) is 18.4 Å². The predicted octanol–water partition coefficient (Wildman–Crippen LogP) is 5.82. The number of hydrogen-bond donors (Lipinski definition) is 2. The lowest BCUT2D eigenvalue weighted by Crippen LogP contribution is -2.31. The van der Waals surface area contributed by atoms with Crippen LogP contribution in [0.1, 0.15) is 29.7 Å². The summed E-state index contributed by atoms with van der Waals surface area (Å²) in [5.41, 5.74) is 5.29. The molecule has 182 valence electrons. The summed E-state index contributed by atoms with van der Waals surface area (Å²) in [6, 6.07) is 25.3. The summed E-state index contributed by atoms with van der Waals surface area (Å²) in [5.74, 6) is 1.74. The van der Waals surface area contributed by atoms with Crippen molar-refractivity contribution in [2.45, 2.75) is 30.8 Å². The van der Waals surface area contributed by atoms with Crippen LogP contribution in [-0.4, -0.2) is 27.8 Å². The number of aryl methyl sites for hydroxylation is 1. The summed E-state index contributed by atoms with van der Waals surface area (Å²) < 4.78 is 7.23. The highest BCUT2D eigenvalue weighted by Gasteiger charge is 2.34. The average molecular weight is 498 g/mol. The molecule has 0 saturated carbocycles. The third kappa shape index (κ3) is 4.85. The van der Waals surface area contributed by atoms with Gasteiger partial charge < -0.3 is 15.4 Å². The van der Waals surface area contributed by atoms with Crippen LogP contribution in [0.5, 0.6) is 5.75 Å². The number of fused-ring (bicyclic) bond motifs is 1. The Morgan fingerprint density at radius 2 is 1.75 bits per heavy atom. The van der Waals surface area contributed by atoms with Gasteiger partial charge in [0, 0.05) is 11.4 Å². The van der Waals surface area contributed by atoms with Crippen LogP contribution in [0.4, 0.5) is 11.6 Å². The Balaban J connectivity index is 1.47. The SMILES string of the molecule is COc1ccccc1NC(=O)C1=C(C)Nc2nc(SCc3ccc(C)cc3)nn2[C@@H]1c1ccccc1. The molecule has 1 amide bonds. The van der Waals surface area contributed by atoms with E-state index in [2.05, 4.69) is 41.8 Å². The second-order valence-corrected chi connectivity index (χ2v) is 9.51. The number of thioether (sulfide) groups is 1. The molecule has 0 saturated heterocycles. The number of amides is 1. The number of benzene rings is 3. The Labute approximate surface area is 214 Å². The maximum atomic E-state index is 13.7. The van der Waals surface area contributed by atoms with Crippen LogP contribution >= 0.6 is 11.8 Å². The number of para-hydroxylation sites is 2. The highest BCUT2D eigenvalue weighted by molar-refractivity contribution is 7.98. The molecule has 0 spiro atoms. The minimum atomic E-state index is -0.432. The van der Waals surface area contributed by atoms with Crippen molar-refractivity contribution in [1.82, 2.24) is 14.8 Å². The van der Waals surface area contributed by atoms with Gasteiger partial charge in [0.2, 0.25) is 11.1 Å². The highest BCUT2D eigenvalue weighted by Crippen LogP contribution is 2.37. The average Bonchev–Trinajstić information content (AvgIpc) is 3.30. The first-order valence-corrected chi connectivity index (χ1v) is 12.6. The lowest BCUT2D eigenvalue weighted by atomic mass is 9.95. The molecule has 1 aliphatic heterocycles. The molecule has 2 heterocycles. The Kier molecular flexibility index (Phi) is 6.77. The minimum Gasteiger partial charge on any atom is -0.495 e. The zero-order chi connectivity index (χ0) is 25.1. The summed E-state index contributed by atoms with van der Waals surface area (Å²) >= 11 is 1.57. The number of nitrogens with one attached hydrogen (secondary N) is 2. The van der Waals surface area contributed by atoms with E-state index in [1.54, 1.807) is 23.6 Å². The van der Waals surface area contributed by atoms with Crippen LogP contribution in [0.15, 0.2) is 95.3 Å². The lowest BCUT2D eigenvalue weighted by Gasteiger charge is -2.28. The molecule has 1 atom stereocenters. The fourth-order valence-electron chi connectivity index (χ4n) is 4.20. The number of carbonyl (C=O) groups excluding carboxylic acids is 1. The number of nitrogens with zero attached hydrogens (tertiary/aromatic N) is 3. The molecular formula is C28H27N5O2S. The van der Waals surface area contributed by atoms with Gasteiger partial charge in [0.1, 0.15) is 11.8 Å². The van der Waals surface area contributed by atoms with Gasteiger partial charge >= 0.3 is 0 Å². The Bertz CT molecular complexity index is 1410. The summed E-state index contributed by atoms with van der Waals surface area (Å²) in [6.07, 6.45) is 0. The van der Waals surface area contributed by atoms with Crippen molar-refractivity contribution in [2.24, 2.45) is 0 Å². The van der Waals surface area contributed by atoms with E-state index in [-0.39, 0.29) is 5.91 Å². The fraction of sp³-hybridized carbons (Fsp3) is 0.179. The zero-order valence-electron chi connectivity index (χ0n) is 20.4. The van der Waals surface area contributed by atoms with Crippen molar-refractivity contribution in [3.63, 3.8) is 0 Å². The molecule has 0 radical (unpaired) electrons. The first-order chi connectivity index (χ1) is 17.5. The molecular weight excluding hydrogens is 470 g/mol. The summed E-state index contributed by atoms with van der Waals surface area (Å²) in [5, 5.41) is 11.8. The highest BCUT2D eigenvalue weighted by atomic mass is 32.2. The molecule has 7 nitrogen and oxygen atoms in total. The molecule has 36 heavy (non-hydrogen) atoms. The summed E-state index contributed by atoms with van der Waals surface area (Å²) in [7, 11) is 1.59. The van der Waals surface area contributed by atoms with Crippen molar-refractivity contribution >= 4 is 29.3 Å². The first-order valence-electron chi connectivity index (χ1n) is 11.7. The van der Waals surface area contributed by atoms with Crippen LogP contribution in [-0.2, 0) is 10.5 Å². The van der Waals surface area contributed by atoms with Crippen LogP contribution < -0.4 is 15.4 Å². The number of anilines is 2. The van der Waals surface area contributed by atoms with E-state index in [9.17, 15) is 4.79 Å². The monoisotopic (exact) mass is 497 g/mol. The van der Waals surface area contributed by atoms with Crippen LogP contribution in [0, 0.1) is 6.92 Å². The standard InChI is InChI=1S/C28H27N5O2S/c1-18-13-15-20(16-14-18)17-36-28-31-27-29-19(2)24(25(33(27)32-28)21-9-5-4-6-10-21)26(34)30-22-11-7-8-12-23(22)35-3/h4-16,25H,17H2,1-3H3,(H,30,34)(H,29,31,32)/t25-/m1/s1.